The van der Waals surface area contributed by atoms with Gasteiger partial charge in [0.1, 0.15) is 0 Å². The molecule has 1 atom stereocenters. The van der Waals surface area contributed by atoms with Crippen molar-refractivity contribution >= 4 is 43.1 Å². The lowest BCUT2D eigenvalue weighted by molar-refractivity contribution is 0.588. The van der Waals surface area contributed by atoms with Crippen molar-refractivity contribution in [2.75, 3.05) is 12.4 Å². The molecule has 150 valence electrons. The van der Waals surface area contributed by atoms with Crippen LogP contribution in [0.2, 0.25) is 5.02 Å². The summed E-state index contributed by atoms with van der Waals surface area (Å²) in [5, 5.41) is 9.22. The minimum atomic E-state index is -3.49. The van der Waals surface area contributed by atoms with Crippen LogP contribution in [0.4, 0.5) is 5.13 Å². The van der Waals surface area contributed by atoms with Crippen LogP contribution in [-0.4, -0.2) is 30.1 Å². The molecule has 1 unspecified atom stereocenters. The first-order valence-electron chi connectivity index (χ1n) is 8.78. The van der Waals surface area contributed by atoms with E-state index in [1.165, 1.54) is 18.4 Å². The first-order chi connectivity index (χ1) is 13.9. The van der Waals surface area contributed by atoms with E-state index in [0.29, 0.717) is 10.2 Å². The molecule has 0 saturated carbocycles. The highest BCUT2D eigenvalue weighted by molar-refractivity contribution is 7.89. The summed E-state index contributed by atoms with van der Waals surface area (Å²) >= 11 is 7.36. The second kappa shape index (κ2) is 7.75. The highest BCUT2D eigenvalue weighted by Crippen LogP contribution is 2.28. The van der Waals surface area contributed by atoms with Crippen LogP contribution >= 0.6 is 22.9 Å². The van der Waals surface area contributed by atoms with Crippen molar-refractivity contribution in [1.82, 2.24) is 19.3 Å². The zero-order valence-corrected chi connectivity index (χ0v) is 18.0. The summed E-state index contributed by atoms with van der Waals surface area (Å²) in [5.41, 5.74) is 2.64. The molecule has 0 radical (unpaired) electrons. The number of benzene rings is 2. The molecular formula is C19H18ClN5O2S2. The number of rotatable bonds is 6. The Kier molecular flexibility index (Phi) is 5.30. The van der Waals surface area contributed by atoms with Gasteiger partial charge in [-0.15, -0.1) is 5.10 Å². The molecule has 2 aromatic carbocycles. The lowest BCUT2D eigenvalue weighted by atomic mass is 10.1. The lowest BCUT2D eigenvalue weighted by Gasteiger charge is -2.14. The van der Waals surface area contributed by atoms with E-state index in [-0.39, 0.29) is 10.9 Å². The van der Waals surface area contributed by atoms with Crippen molar-refractivity contribution in [3.05, 3.63) is 65.3 Å². The van der Waals surface area contributed by atoms with Gasteiger partial charge in [-0.3, -0.25) is 0 Å². The minimum Gasteiger partial charge on any atom is -0.354 e. The Bertz CT molecular complexity index is 1230. The molecule has 0 aliphatic heterocycles. The number of halogens is 1. The van der Waals surface area contributed by atoms with Crippen LogP contribution in [0, 0.1) is 0 Å². The number of anilines is 1. The first kappa shape index (κ1) is 19.8. The smallest absolute Gasteiger partial charge is 0.240 e. The molecule has 0 bridgehead atoms. The van der Waals surface area contributed by atoms with Crippen LogP contribution in [0.3, 0.4) is 0 Å². The van der Waals surface area contributed by atoms with E-state index in [2.05, 4.69) is 20.1 Å². The Morgan fingerprint density at radius 1 is 1.17 bits per heavy atom. The Hall–Kier alpha value is -2.46. The predicted octanol–water partition coefficient (Wildman–Crippen LogP) is 4.19. The van der Waals surface area contributed by atoms with E-state index in [1.807, 2.05) is 43.5 Å². The molecule has 0 saturated heterocycles. The fourth-order valence-electron chi connectivity index (χ4n) is 2.86. The van der Waals surface area contributed by atoms with Gasteiger partial charge in [0.25, 0.3) is 0 Å². The first-order valence-corrected chi connectivity index (χ1v) is 11.5. The van der Waals surface area contributed by atoms with Crippen molar-refractivity contribution in [3.8, 4) is 11.3 Å². The molecule has 0 aliphatic rings. The van der Waals surface area contributed by atoms with E-state index in [1.54, 1.807) is 22.7 Å². The summed E-state index contributed by atoms with van der Waals surface area (Å²) in [6.45, 7) is 1.95. The number of hydrogen-bond donors (Lipinski definition) is 2. The van der Waals surface area contributed by atoms with E-state index in [9.17, 15) is 8.42 Å². The minimum absolute atomic E-state index is 0.131. The summed E-state index contributed by atoms with van der Waals surface area (Å²) in [7, 11) is -2.09. The summed E-state index contributed by atoms with van der Waals surface area (Å²) < 4.78 is 28.1. The van der Waals surface area contributed by atoms with Gasteiger partial charge in [-0.2, -0.15) is 0 Å². The fourth-order valence-corrected chi connectivity index (χ4v) is 4.63. The van der Waals surface area contributed by atoms with Crippen molar-refractivity contribution < 1.29 is 8.42 Å². The van der Waals surface area contributed by atoms with Crippen LogP contribution in [0.15, 0.2) is 59.6 Å². The van der Waals surface area contributed by atoms with Crippen molar-refractivity contribution in [3.63, 3.8) is 0 Å². The standard InChI is InChI=1S/C19H18ClN5O2S2/c1-12(14-4-3-5-16(10-14)29(26,27)21-2)22-18-24-25-11-17(23-19(25)28-18)13-6-8-15(20)9-7-13/h3-12,21H,1-2H3,(H,22,24). The number of imidazole rings is 1. The predicted molar refractivity (Wildman–Crippen MR) is 116 cm³/mol. The van der Waals surface area contributed by atoms with Crippen molar-refractivity contribution in [2.24, 2.45) is 0 Å². The van der Waals surface area contributed by atoms with Gasteiger partial charge in [-0.1, -0.05) is 47.2 Å². The monoisotopic (exact) mass is 447 g/mol. The number of hydrogen-bond acceptors (Lipinski definition) is 6. The van der Waals surface area contributed by atoms with Gasteiger partial charge in [-0.05, 0) is 43.8 Å². The second-order valence-corrected chi connectivity index (χ2v) is 9.69. The number of fused-ring (bicyclic) bond motifs is 1. The summed E-state index contributed by atoms with van der Waals surface area (Å²) in [5.74, 6) is 0. The Labute approximate surface area is 177 Å². The zero-order valence-electron chi connectivity index (χ0n) is 15.6. The summed E-state index contributed by atoms with van der Waals surface area (Å²) in [6, 6.07) is 14.2. The van der Waals surface area contributed by atoms with Gasteiger partial charge in [-0.25, -0.2) is 22.6 Å². The zero-order chi connectivity index (χ0) is 20.6. The summed E-state index contributed by atoms with van der Waals surface area (Å²) in [6.07, 6.45) is 1.87. The maximum absolute atomic E-state index is 12.0. The second-order valence-electron chi connectivity index (χ2n) is 6.41. The van der Waals surface area contributed by atoms with E-state index in [0.717, 1.165) is 21.8 Å². The Morgan fingerprint density at radius 3 is 2.62 bits per heavy atom. The molecule has 0 aliphatic carbocycles. The van der Waals surface area contributed by atoms with Crippen LogP contribution in [0.25, 0.3) is 16.2 Å². The third-order valence-corrected chi connectivity index (χ3v) is 6.98. The van der Waals surface area contributed by atoms with E-state index in [4.69, 9.17) is 11.6 Å². The maximum Gasteiger partial charge on any atom is 0.240 e. The highest BCUT2D eigenvalue weighted by atomic mass is 35.5. The SMILES string of the molecule is CNS(=O)(=O)c1cccc(C(C)Nc2nn3cc(-c4ccc(Cl)cc4)nc3s2)c1. The van der Waals surface area contributed by atoms with Gasteiger partial charge >= 0.3 is 0 Å². The van der Waals surface area contributed by atoms with Crippen LogP contribution < -0.4 is 10.0 Å². The lowest BCUT2D eigenvalue weighted by Crippen LogP contribution is -2.19. The molecule has 4 aromatic rings. The number of nitrogens with one attached hydrogen (secondary N) is 2. The molecule has 2 aromatic heterocycles. The average molecular weight is 448 g/mol. The molecule has 0 fully saturated rings. The Balaban J connectivity index is 1.54. The van der Waals surface area contributed by atoms with Gasteiger partial charge in [0.15, 0.2) is 0 Å². The van der Waals surface area contributed by atoms with Crippen molar-refractivity contribution in [2.45, 2.75) is 17.9 Å². The van der Waals surface area contributed by atoms with Crippen LogP contribution in [0.5, 0.6) is 0 Å². The molecule has 10 heteroatoms. The van der Waals surface area contributed by atoms with Gasteiger partial charge in [0.2, 0.25) is 20.1 Å². The van der Waals surface area contributed by atoms with Crippen molar-refractivity contribution in [1.29, 1.82) is 0 Å². The van der Waals surface area contributed by atoms with Crippen LogP contribution in [-0.2, 0) is 10.0 Å². The molecule has 2 N–H and O–H groups in total. The molecule has 2 heterocycles. The third-order valence-electron chi connectivity index (χ3n) is 4.46. The molecule has 0 spiro atoms. The largest absolute Gasteiger partial charge is 0.354 e. The van der Waals surface area contributed by atoms with Gasteiger partial charge in [0, 0.05) is 10.6 Å². The topological polar surface area (TPSA) is 88.4 Å². The summed E-state index contributed by atoms with van der Waals surface area (Å²) in [4.78, 5) is 5.61. The highest BCUT2D eigenvalue weighted by Gasteiger charge is 2.16. The quantitative estimate of drug-likeness (QED) is 0.462. The Morgan fingerprint density at radius 2 is 1.93 bits per heavy atom. The maximum atomic E-state index is 12.0. The average Bonchev–Trinajstić information content (AvgIpc) is 3.27. The van der Waals surface area contributed by atoms with E-state index >= 15 is 0 Å². The fraction of sp³-hybridized carbons (Fsp3) is 0.158. The van der Waals surface area contributed by atoms with Gasteiger partial charge < -0.3 is 5.32 Å². The number of nitrogens with zero attached hydrogens (tertiary/aromatic N) is 3. The number of sulfonamides is 1. The number of aromatic nitrogens is 3. The third kappa shape index (κ3) is 4.13. The molecular weight excluding hydrogens is 430 g/mol. The van der Waals surface area contributed by atoms with Crippen LogP contribution in [0.1, 0.15) is 18.5 Å². The van der Waals surface area contributed by atoms with E-state index < -0.39 is 10.0 Å². The molecule has 0 amide bonds. The molecule has 4 rings (SSSR count). The normalized spacial score (nSPS) is 12.9. The molecule has 7 nitrogen and oxygen atoms in total. The molecule has 29 heavy (non-hydrogen) atoms. The van der Waals surface area contributed by atoms with Gasteiger partial charge in [0.05, 0.1) is 22.8 Å².